The molecule has 1 aliphatic heterocycles. The Bertz CT molecular complexity index is 2920. The first-order valence-electron chi connectivity index (χ1n) is 21.0. The van der Waals surface area contributed by atoms with Crippen LogP contribution in [0.15, 0.2) is 182 Å². The lowest BCUT2D eigenvalue weighted by atomic mass is 9.77. The van der Waals surface area contributed by atoms with Crippen molar-refractivity contribution in [2.24, 2.45) is 0 Å². The molecular formula is C52H42ClN5O8. The number of benzene rings is 6. The molecule has 1 N–H and O–H groups in total. The summed E-state index contributed by atoms with van der Waals surface area (Å²) in [6.07, 6.45) is -2.42. The Morgan fingerprint density at radius 2 is 1.18 bits per heavy atom. The van der Waals surface area contributed by atoms with Gasteiger partial charge in [-0.1, -0.05) is 139 Å². The van der Waals surface area contributed by atoms with Gasteiger partial charge in [0.05, 0.1) is 30.1 Å². The van der Waals surface area contributed by atoms with Gasteiger partial charge in [-0.2, -0.15) is 9.97 Å². The maximum atomic E-state index is 14.2. The number of carbonyl (C=O) groups is 3. The number of halogens is 1. The van der Waals surface area contributed by atoms with Crippen molar-refractivity contribution in [1.29, 1.82) is 0 Å². The van der Waals surface area contributed by atoms with Gasteiger partial charge in [-0.25, -0.2) is 19.4 Å². The molecule has 13 nitrogen and oxygen atoms in total. The Kier molecular flexibility index (Phi) is 12.3. The van der Waals surface area contributed by atoms with Crippen LogP contribution in [0.5, 0.6) is 5.75 Å². The van der Waals surface area contributed by atoms with Crippen molar-refractivity contribution in [3.05, 3.63) is 221 Å². The maximum Gasteiger partial charge on any atom is 0.338 e. The Balaban J connectivity index is 1.18. The third-order valence-corrected chi connectivity index (χ3v) is 11.8. The van der Waals surface area contributed by atoms with Crippen molar-refractivity contribution in [3.8, 4) is 5.75 Å². The summed E-state index contributed by atoms with van der Waals surface area (Å²) >= 11 is 7.02. The summed E-state index contributed by atoms with van der Waals surface area (Å²) in [6, 6.07) is 52.6. The van der Waals surface area contributed by atoms with Gasteiger partial charge in [0.15, 0.2) is 28.7 Å². The molecule has 2 aromatic heterocycles. The van der Waals surface area contributed by atoms with Gasteiger partial charge in [0.1, 0.15) is 29.5 Å². The molecule has 6 aromatic carbocycles. The quantitative estimate of drug-likeness (QED) is 0.0479. The zero-order valence-corrected chi connectivity index (χ0v) is 36.4. The topological polar surface area (TPSA) is 153 Å². The fourth-order valence-corrected chi connectivity index (χ4v) is 8.48. The number of nitrogens with one attached hydrogen (secondary N) is 1. The van der Waals surface area contributed by atoms with Crippen molar-refractivity contribution in [3.63, 3.8) is 0 Å². The van der Waals surface area contributed by atoms with E-state index in [1.807, 2.05) is 84.9 Å². The van der Waals surface area contributed by atoms with E-state index in [1.165, 1.54) is 6.33 Å². The standard InChI is InChI=1S/C52H42ClN5O8/c1-51(66-48(61)36-22-12-5-13-23-36)43(65-47(60)35-20-10-4-11-21-35)41(32-63-46(59)34-18-8-3-9-19-34)64-49(51)58-33-54-42-44(53)55-50(56-45(42)58)57-52(37-24-14-6-15-25-37,38-26-16-7-17-27-38)39-28-30-40(62-2)31-29-39/h3-31,33,41,43,49H,32H2,1-2H3,(H,55,56,57)/t41-,43-,49-,51-/m1/s1. The fourth-order valence-electron chi connectivity index (χ4n) is 8.27. The molecule has 0 unspecified atom stereocenters. The molecule has 0 saturated carbocycles. The minimum absolute atomic E-state index is 0.00683. The molecule has 8 aromatic rings. The molecule has 66 heavy (non-hydrogen) atoms. The predicted molar refractivity (Wildman–Crippen MR) is 246 cm³/mol. The Labute approximate surface area is 384 Å². The molecule has 4 atom stereocenters. The van der Waals surface area contributed by atoms with E-state index in [2.05, 4.69) is 10.3 Å². The summed E-state index contributed by atoms with van der Waals surface area (Å²) in [5.74, 6) is -1.32. The number of aromatic nitrogens is 4. The Hall–Kier alpha value is -7.87. The highest BCUT2D eigenvalue weighted by atomic mass is 35.5. The molecule has 0 spiro atoms. The average Bonchev–Trinajstić information content (AvgIpc) is 3.91. The molecule has 1 aliphatic rings. The number of nitrogens with zero attached hydrogens (tertiary/aromatic N) is 4. The lowest BCUT2D eigenvalue weighted by Gasteiger charge is -2.37. The van der Waals surface area contributed by atoms with Crippen LogP contribution in [0.2, 0.25) is 5.15 Å². The van der Waals surface area contributed by atoms with Gasteiger partial charge in [-0.15, -0.1) is 0 Å². The van der Waals surface area contributed by atoms with Gasteiger partial charge < -0.3 is 29.0 Å². The molecule has 9 rings (SSSR count). The minimum atomic E-state index is -1.83. The van der Waals surface area contributed by atoms with Crippen LogP contribution in [0.1, 0.15) is 60.9 Å². The Morgan fingerprint density at radius 3 is 1.73 bits per heavy atom. The SMILES string of the molecule is COc1ccc(C(Nc2nc(Cl)c3ncn([C@@H]4O[C@H](COC(=O)c5ccccc5)[C@@H](OC(=O)c5ccccc5)[C@@]4(C)OC(=O)c4ccccc4)c3n2)(c2ccccc2)c2ccccc2)cc1. The summed E-state index contributed by atoms with van der Waals surface area (Å²) in [5.41, 5.74) is 0.794. The summed E-state index contributed by atoms with van der Waals surface area (Å²) in [7, 11) is 1.61. The number of carbonyl (C=O) groups excluding carboxylic acids is 3. The average molecular weight is 900 g/mol. The predicted octanol–water partition coefficient (Wildman–Crippen LogP) is 9.49. The second kappa shape index (κ2) is 18.7. The second-order valence-corrected chi connectivity index (χ2v) is 16.0. The van der Waals surface area contributed by atoms with Gasteiger partial charge in [0, 0.05) is 0 Å². The monoisotopic (exact) mass is 899 g/mol. The van der Waals surface area contributed by atoms with E-state index < -0.39 is 54.1 Å². The number of esters is 3. The highest BCUT2D eigenvalue weighted by molar-refractivity contribution is 6.33. The van der Waals surface area contributed by atoms with Crippen LogP contribution in [0.3, 0.4) is 0 Å². The van der Waals surface area contributed by atoms with E-state index in [1.54, 1.807) is 110 Å². The largest absolute Gasteiger partial charge is 0.497 e. The third kappa shape index (κ3) is 8.44. The molecule has 14 heteroatoms. The van der Waals surface area contributed by atoms with Gasteiger partial charge in [-0.05, 0) is 72.1 Å². The number of methoxy groups -OCH3 is 1. The number of hydrogen-bond acceptors (Lipinski definition) is 12. The molecule has 0 bridgehead atoms. The van der Waals surface area contributed by atoms with Crippen LogP contribution in [0, 0.1) is 0 Å². The summed E-state index contributed by atoms with van der Waals surface area (Å²) in [6.45, 7) is 1.19. The highest BCUT2D eigenvalue weighted by Crippen LogP contribution is 2.46. The highest BCUT2D eigenvalue weighted by Gasteiger charge is 2.61. The summed E-state index contributed by atoms with van der Waals surface area (Å²) in [5, 5.41) is 3.67. The normalized spacial score (nSPS) is 18.0. The fraction of sp³-hybridized carbons (Fsp3) is 0.154. The first-order chi connectivity index (χ1) is 32.2. The van der Waals surface area contributed by atoms with E-state index in [-0.39, 0.29) is 33.4 Å². The lowest BCUT2D eigenvalue weighted by Crippen LogP contribution is -2.50. The van der Waals surface area contributed by atoms with Crippen molar-refractivity contribution in [1.82, 2.24) is 19.5 Å². The van der Waals surface area contributed by atoms with Crippen LogP contribution < -0.4 is 10.1 Å². The van der Waals surface area contributed by atoms with Crippen molar-refractivity contribution >= 4 is 46.6 Å². The van der Waals surface area contributed by atoms with E-state index in [9.17, 15) is 14.4 Å². The van der Waals surface area contributed by atoms with Crippen LogP contribution in [-0.4, -0.2) is 69.0 Å². The van der Waals surface area contributed by atoms with Gasteiger partial charge in [0.2, 0.25) is 5.95 Å². The van der Waals surface area contributed by atoms with Crippen LogP contribution in [0.4, 0.5) is 5.95 Å². The number of imidazole rings is 1. The van der Waals surface area contributed by atoms with E-state index >= 15 is 0 Å². The Morgan fingerprint density at radius 1 is 0.682 bits per heavy atom. The number of anilines is 1. The molecule has 3 heterocycles. The maximum absolute atomic E-state index is 14.2. The van der Waals surface area contributed by atoms with Crippen LogP contribution >= 0.6 is 11.6 Å². The number of rotatable bonds is 14. The summed E-state index contributed by atoms with van der Waals surface area (Å²) in [4.78, 5) is 55.9. The van der Waals surface area contributed by atoms with E-state index in [0.717, 1.165) is 16.7 Å². The van der Waals surface area contributed by atoms with Crippen molar-refractivity contribution < 1.29 is 38.1 Å². The van der Waals surface area contributed by atoms with Crippen LogP contribution in [0.25, 0.3) is 11.2 Å². The number of ether oxygens (including phenoxy) is 5. The van der Waals surface area contributed by atoms with Crippen molar-refractivity contribution in [2.75, 3.05) is 19.0 Å². The van der Waals surface area contributed by atoms with Crippen molar-refractivity contribution in [2.45, 2.75) is 36.5 Å². The zero-order chi connectivity index (χ0) is 45.7. The van der Waals surface area contributed by atoms with Gasteiger partial charge >= 0.3 is 17.9 Å². The van der Waals surface area contributed by atoms with E-state index in [4.69, 9.17) is 45.3 Å². The van der Waals surface area contributed by atoms with Crippen LogP contribution in [-0.2, 0) is 24.5 Å². The van der Waals surface area contributed by atoms with E-state index in [0.29, 0.717) is 11.3 Å². The first-order valence-corrected chi connectivity index (χ1v) is 21.4. The molecule has 1 saturated heterocycles. The zero-order valence-electron chi connectivity index (χ0n) is 35.7. The molecule has 0 amide bonds. The number of fused-ring (bicyclic) bond motifs is 1. The molecular weight excluding hydrogens is 858 g/mol. The first kappa shape index (κ1) is 43.4. The number of hydrogen-bond donors (Lipinski definition) is 1. The van der Waals surface area contributed by atoms with Gasteiger partial charge in [-0.3, -0.25) is 4.57 Å². The minimum Gasteiger partial charge on any atom is -0.497 e. The smallest absolute Gasteiger partial charge is 0.338 e. The lowest BCUT2D eigenvalue weighted by molar-refractivity contribution is -0.108. The molecule has 0 radical (unpaired) electrons. The molecule has 1 fully saturated rings. The molecule has 0 aliphatic carbocycles. The summed E-state index contributed by atoms with van der Waals surface area (Å²) < 4.78 is 32.4. The third-order valence-electron chi connectivity index (χ3n) is 11.5. The molecule has 330 valence electrons. The second-order valence-electron chi connectivity index (χ2n) is 15.6. The van der Waals surface area contributed by atoms with Gasteiger partial charge in [0.25, 0.3) is 0 Å².